The number of imide groups is 1. The van der Waals surface area contributed by atoms with Crippen LogP contribution in [0.3, 0.4) is 0 Å². The molecule has 3 atom stereocenters. The van der Waals surface area contributed by atoms with E-state index in [4.69, 9.17) is 44.0 Å². The molecule has 0 bridgehead atoms. The molecule has 0 spiro atoms. The molecule has 0 radical (unpaired) electrons. The first-order valence-corrected chi connectivity index (χ1v) is 18.0. The third-order valence-electron chi connectivity index (χ3n) is 7.53. The molecule has 9 nitrogen and oxygen atoms in total. The summed E-state index contributed by atoms with van der Waals surface area (Å²) in [7, 11) is -2.96. The predicted octanol–water partition coefficient (Wildman–Crippen LogP) is 4.67. The fourth-order valence-corrected chi connectivity index (χ4v) is 11.8. The minimum absolute atomic E-state index is 0.156. The lowest BCUT2D eigenvalue weighted by molar-refractivity contribution is -0.119. The Labute approximate surface area is 275 Å². The number of H-pyrrole nitrogens is 1. The SMILES string of the molecule is CCc1cn([C@H]2C[C@H](OC(=O)NC(=O)C(Cl)(Cl)Cl)[C@@H](CO[Si](c3ccccc3)(c3ccccc3)C(C)(C)C)S2)c(=O)[nH]c1=O. The highest BCUT2D eigenvalue weighted by Gasteiger charge is 2.51. The van der Waals surface area contributed by atoms with Crippen LogP contribution >= 0.6 is 46.6 Å². The molecule has 44 heavy (non-hydrogen) atoms. The molecule has 1 aromatic heterocycles. The summed E-state index contributed by atoms with van der Waals surface area (Å²) >= 11 is 18.2. The standard InChI is InChI=1S/C30H34Cl3N3O6SSi/c1-5-19-17-36(27(39)34-25(19)37)24-16-22(42-28(40)35-26(38)30(31,32)33)23(43-24)18-41-44(29(2,3)4,20-12-8-6-9-13-20)21-14-10-7-11-15-21/h6-15,17,22-24H,5,16,18H2,1-4H3,(H,34,37,39)(H,35,38,40)/t22-,23+,24+/m0/s1. The maximum absolute atomic E-state index is 12.9. The van der Waals surface area contributed by atoms with Crippen molar-refractivity contribution < 1.29 is 18.8 Å². The molecular weight excluding hydrogens is 665 g/mol. The van der Waals surface area contributed by atoms with E-state index in [1.807, 2.05) is 48.6 Å². The van der Waals surface area contributed by atoms with E-state index in [1.165, 1.54) is 22.5 Å². The van der Waals surface area contributed by atoms with E-state index < -0.39 is 52.1 Å². The van der Waals surface area contributed by atoms with Crippen molar-refractivity contribution in [2.24, 2.45) is 0 Å². The Kier molecular flexibility index (Phi) is 10.8. The number of thioether (sulfide) groups is 1. The number of alkyl halides is 3. The number of carbonyl (C=O) groups is 2. The van der Waals surface area contributed by atoms with Gasteiger partial charge in [-0.25, -0.2) is 9.59 Å². The number of nitrogens with zero attached hydrogens (tertiary/aromatic N) is 1. The Balaban J connectivity index is 1.71. The van der Waals surface area contributed by atoms with Gasteiger partial charge in [0.05, 0.1) is 17.2 Å². The molecule has 14 heteroatoms. The van der Waals surface area contributed by atoms with Gasteiger partial charge in [0.2, 0.25) is 0 Å². The van der Waals surface area contributed by atoms with Crippen molar-refractivity contribution in [1.29, 1.82) is 0 Å². The normalized spacial score (nSPS) is 19.0. The Morgan fingerprint density at radius 2 is 1.59 bits per heavy atom. The molecule has 1 saturated heterocycles. The molecule has 2 amide bonds. The topological polar surface area (TPSA) is 119 Å². The van der Waals surface area contributed by atoms with Crippen LogP contribution in [0.15, 0.2) is 76.4 Å². The fourth-order valence-electron chi connectivity index (χ4n) is 5.44. The first-order valence-electron chi connectivity index (χ1n) is 14.0. The Hall–Kier alpha value is -2.54. The lowest BCUT2D eigenvalue weighted by Crippen LogP contribution is -2.67. The van der Waals surface area contributed by atoms with Gasteiger partial charge >= 0.3 is 11.8 Å². The smallest absolute Gasteiger partial charge is 0.414 e. The van der Waals surface area contributed by atoms with E-state index >= 15 is 0 Å². The van der Waals surface area contributed by atoms with Crippen molar-refractivity contribution in [3.63, 3.8) is 0 Å². The number of ether oxygens (including phenoxy) is 1. The molecule has 0 saturated carbocycles. The number of alkyl carbamates (subject to hydrolysis) is 1. The average Bonchev–Trinajstić information content (AvgIpc) is 3.35. The summed E-state index contributed by atoms with van der Waals surface area (Å²) in [5.74, 6) is -1.15. The zero-order chi connectivity index (χ0) is 32.3. The van der Waals surface area contributed by atoms with E-state index in [0.717, 1.165) is 10.4 Å². The number of benzene rings is 2. The zero-order valence-electron chi connectivity index (χ0n) is 24.6. The number of rotatable bonds is 8. The van der Waals surface area contributed by atoms with Crippen molar-refractivity contribution in [3.05, 3.63) is 93.3 Å². The quantitative estimate of drug-likeness (QED) is 0.259. The molecule has 2 aromatic carbocycles. The van der Waals surface area contributed by atoms with Crippen LogP contribution in [0.2, 0.25) is 5.04 Å². The fraction of sp³-hybridized carbons (Fsp3) is 0.400. The van der Waals surface area contributed by atoms with Crippen molar-refractivity contribution in [1.82, 2.24) is 14.9 Å². The summed E-state index contributed by atoms with van der Waals surface area (Å²) < 4.78 is 11.9. The van der Waals surface area contributed by atoms with Crippen molar-refractivity contribution in [3.8, 4) is 0 Å². The van der Waals surface area contributed by atoms with Gasteiger partial charge in [-0.05, 0) is 21.8 Å². The summed E-state index contributed by atoms with van der Waals surface area (Å²) in [6, 6.07) is 20.2. The third kappa shape index (κ3) is 7.46. The number of hydrogen-bond donors (Lipinski definition) is 2. The van der Waals surface area contributed by atoms with Crippen LogP contribution in [-0.4, -0.2) is 51.6 Å². The summed E-state index contributed by atoms with van der Waals surface area (Å²) in [5, 5.41) is 2.83. The number of aryl methyl sites for hydroxylation is 1. The molecule has 2 heterocycles. The van der Waals surface area contributed by atoms with Gasteiger partial charge in [-0.15, -0.1) is 11.8 Å². The van der Waals surface area contributed by atoms with E-state index in [9.17, 15) is 19.2 Å². The Morgan fingerprint density at radius 1 is 1.02 bits per heavy atom. The van der Waals surface area contributed by atoms with E-state index in [2.05, 4.69) is 50.0 Å². The van der Waals surface area contributed by atoms with Gasteiger partial charge < -0.3 is 9.16 Å². The Bertz CT molecular complexity index is 1550. The molecule has 2 N–H and O–H groups in total. The third-order valence-corrected chi connectivity index (χ3v) is 14.6. The predicted molar refractivity (Wildman–Crippen MR) is 178 cm³/mol. The molecule has 0 unspecified atom stereocenters. The van der Waals surface area contributed by atoms with Crippen molar-refractivity contribution in [2.75, 3.05) is 6.61 Å². The number of halogens is 3. The van der Waals surface area contributed by atoms with Gasteiger partial charge in [0, 0.05) is 18.2 Å². The second-order valence-electron chi connectivity index (χ2n) is 11.4. The Morgan fingerprint density at radius 3 is 2.09 bits per heavy atom. The largest absolute Gasteiger partial charge is 0.445 e. The molecular formula is C30H34Cl3N3O6SSi. The number of aromatic nitrogens is 2. The molecule has 4 rings (SSSR count). The maximum Gasteiger partial charge on any atom is 0.414 e. The summed E-state index contributed by atoms with van der Waals surface area (Å²) in [6.07, 6.45) is 0.272. The number of amides is 2. The summed E-state index contributed by atoms with van der Waals surface area (Å²) in [4.78, 5) is 52.4. The number of aromatic amines is 1. The second-order valence-corrected chi connectivity index (χ2v) is 19.4. The van der Waals surface area contributed by atoms with Crippen LogP contribution in [0.5, 0.6) is 0 Å². The maximum atomic E-state index is 12.9. The molecule has 1 aliphatic rings. The zero-order valence-corrected chi connectivity index (χ0v) is 28.7. The number of nitrogens with one attached hydrogen (secondary N) is 2. The lowest BCUT2D eigenvalue weighted by Gasteiger charge is -2.43. The molecule has 1 aliphatic heterocycles. The van der Waals surface area contributed by atoms with Crippen molar-refractivity contribution >= 4 is 77.3 Å². The first-order chi connectivity index (χ1) is 20.7. The van der Waals surface area contributed by atoms with Gasteiger partial charge in [0.15, 0.2) is 0 Å². The highest BCUT2D eigenvalue weighted by molar-refractivity contribution is 8.00. The van der Waals surface area contributed by atoms with Crippen LogP contribution in [0, 0.1) is 0 Å². The highest BCUT2D eigenvalue weighted by Crippen LogP contribution is 2.44. The van der Waals surface area contributed by atoms with Crippen LogP contribution in [0.25, 0.3) is 0 Å². The molecule has 236 valence electrons. The summed E-state index contributed by atoms with van der Waals surface area (Å²) in [6.45, 7) is 8.43. The number of carbonyl (C=O) groups excluding carboxylic acids is 2. The lowest BCUT2D eigenvalue weighted by atomic mass is 10.2. The van der Waals surface area contributed by atoms with E-state index in [0.29, 0.717) is 12.0 Å². The number of hydrogen-bond acceptors (Lipinski definition) is 7. The molecule has 3 aromatic rings. The minimum atomic E-state index is -2.96. The highest BCUT2D eigenvalue weighted by atomic mass is 35.6. The van der Waals surface area contributed by atoms with Crippen LogP contribution in [-0.2, 0) is 20.4 Å². The van der Waals surface area contributed by atoms with Crippen molar-refractivity contribution in [2.45, 2.75) is 66.1 Å². The monoisotopic (exact) mass is 697 g/mol. The van der Waals surface area contributed by atoms with Gasteiger partial charge in [-0.3, -0.25) is 24.5 Å². The van der Waals surface area contributed by atoms with Crippen LogP contribution in [0.4, 0.5) is 4.79 Å². The first kappa shape index (κ1) is 34.3. The van der Waals surface area contributed by atoms with Gasteiger partial charge in [0.1, 0.15) is 6.10 Å². The van der Waals surface area contributed by atoms with E-state index in [1.54, 1.807) is 0 Å². The minimum Gasteiger partial charge on any atom is -0.445 e. The molecule has 1 fully saturated rings. The van der Waals surface area contributed by atoms with Gasteiger partial charge in [-0.1, -0.05) is 123 Å². The van der Waals surface area contributed by atoms with Crippen LogP contribution in [0.1, 0.15) is 45.1 Å². The second kappa shape index (κ2) is 13.8. The van der Waals surface area contributed by atoms with Gasteiger partial charge in [-0.2, -0.15) is 0 Å². The van der Waals surface area contributed by atoms with Gasteiger partial charge in [0.25, 0.3) is 23.6 Å². The van der Waals surface area contributed by atoms with Crippen LogP contribution < -0.4 is 26.9 Å². The molecule has 0 aliphatic carbocycles. The summed E-state index contributed by atoms with van der Waals surface area (Å²) in [5.41, 5.74) is -0.575. The van der Waals surface area contributed by atoms with E-state index in [-0.39, 0.29) is 18.1 Å². The average molecular weight is 699 g/mol.